The largest absolute Gasteiger partial charge is 0.419 e. The first-order valence-electron chi connectivity index (χ1n) is 15.7. The average molecular weight is 525 g/mol. The highest BCUT2D eigenvalue weighted by Gasteiger charge is 2.36. The number of benzene rings is 1. The Hall–Kier alpha value is -1.06. The quantitative estimate of drug-likeness (QED) is 0.158. The van der Waals surface area contributed by atoms with Gasteiger partial charge in [-0.2, -0.15) is 13.2 Å². The molecule has 2 aliphatic carbocycles. The maximum absolute atomic E-state index is 13.7. The van der Waals surface area contributed by atoms with Crippen LogP contribution in [0.5, 0.6) is 0 Å². The van der Waals surface area contributed by atoms with E-state index in [1.165, 1.54) is 109 Å². The van der Waals surface area contributed by atoms with E-state index in [1.54, 1.807) is 6.07 Å². The summed E-state index contributed by atoms with van der Waals surface area (Å²) in [7, 11) is 0. The van der Waals surface area contributed by atoms with E-state index in [0.29, 0.717) is 5.56 Å². The minimum atomic E-state index is -4.62. The zero-order valence-corrected chi connectivity index (χ0v) is 23.4. The van der Waals surface area contributed by atoms with Gasteiger partial charge < -0.3 is 0 Å². The van der Waals surface area contributed by atoms with Gasteiger partial charge in [0.1, 0.15) is 5.82 Å². The summed E-state index contributed by atoms with van der Waals surface area (Å²) in [5, 5.41) is 0. The van der Waals surface area contributed by atoms with Crippen LogP contribution in [0.3, 0.4) is 0 Å². The maximum Gasteiger partial charge on any atom is 0.419 e. The molecule has 2 saturated carbocycles. The third-order valence-corrected chi connectivity index (χ3v) is 9.56. The zero-order valence-electron chi connectivity index (χ0n) is 23.4. The Morgan fingerprint density at radius 3 is 1.65 bits per heavy atom. The lowest BCUT2D eigenvalue weighted by molar-refractivity contribution is -0.140. The molecule has 2 aliphatic rings. The second-order valence-electron chi connectivity index (χ2n) is 12.3. The Labute approximate surface area is 224 Å². The topological polar surface area (TPSA) is 0 Å². The van der Waals surface area contributed by atoms with Gasteiger partial charge in [-0.1, -0.05) is 109 Å². The van der Waals surface area contributed by atoms with Crippen LogP contribution in [0.15, 0.2) is 18.2 Å². The Bertz CT molecular complexity index is 739. The van der Waals surface area contributed by atoms with Crippen LogP contribution in [0.2, 0.25) is 0 Å². The lowest BCUT2D eigenvalue weighted by atomic mass is 9.68. The van der Waals surface area contributed by atoms with E-state index in [0.717, 1.165) is 55.6 Å². The highest BCUT2D eigenvalue weighted by atomic mass is 19.4. The molecule has 0 aromatic heterocycles. The second-order valence-corrected chi connectivity index (χ2v) is 12.3. The lowest BCUT2D eigenvalue weighted by Crippen LogP contribution is -2.25. The normalized spacial score (nSPS) is 24.9. The molecule has 37 heavy (non-hydrogen) atoms. The minimum absolute atomic E-state index is 0.139. The van der Waals surface area contributed by atoms with E-state index >= 15 is 0 Å². The van der Waals surface area contributed by atoms with E-state index in [-0.39, 0.29) is 5.92 Å². The molecular formula is C33H52F4. The SMILES string of the molecule is CCCCCCCCCCCCCCC1CCC(C2CCC(c3ccc(F)c(C(F)(F)F)c3)CC2)CC1. The van der Waals surface area contributed by atoms with Crippen LogP contribution < -0.4 is 0 Å². The summed E-state index contributed by atoms with van der Waals surface area (Å²) in [4.78, 5) is 0. The number of alkyl halides is 3. The molecule has 4 heteroatoms. The molecule has 0 spiro atoms. The predicted molar refractivity (Wildman–Crippen MR) is 147 cm³/mol. The number of hydrogen-bond acceptors (Lipinski definition) is 0. The number of rotatable bonds is 15. The first-order chi connectivity index (χ1) is 17.9. The first kappa shape index (κ1) is 30.5. The molecule has 0 unspecified atom stereocenters. The Morgan fingerprint density at radius 2 is 1.14 bits per heavy atom. The lowest BCUT2D eigenvalue weighted by Gasteiger charge is -2.38. The molecule has 0 amide bonds. The first-order valence-corrected chi connectivity index (χ1v) is 15.7. The van der Waals surface area contributed by atoms with Gasteiger partial charge in [-0.15, -0.1) is 0 Å². The summed E-state index contributed by atoms with van der Waals surface area (Å²) in [6.07, 6.45) is 23.2. The zero-order chi connectivity index (χ0) is 26.5. The molecule has 3 rings (SSSR count). The summed E-state index contributed by atoms with van der Waals surface area (Å²) in [5.41, 5.74) is -0.447. The van der Waals surface area contributed by atoms with Gasteiger partial charge in [-0.05, 0) is 79.9 Å². The number of halogens is 4. The Kier molecular flexibility index (Phi) is 13.3. The van der Waals surface area contributed by atoms with E-state index in [1.807, 2.05) is 0 Å². The molecule has 0 radical (unpaired) electrons. The van der Waals surface area contributed by atoms with E-state index < -0.39 is 17.6 Å². The van der Waals surface area contributed by atoms with Crippen molar-refractivity contribution in [2.45, 2.75) is 154 Å². The van der Waals surface area contributed by atoms with Crippen molar-refractivity contribution < 1.29 is 17.6 Å². The van der Waals surface area contributed by atoms with Crippen LogP contribution >= 0.6 is 0 Å². The van der Waals surface area contributed by atoms with Crippen LogP contribution in [-0.2, 0) is 6.18 Å². The Morgan fingerprint density at radius 1 is 0.649 bits per heavy atom. The molecule has 1 aromatic carbocycles. The van der Waals surface area contributed by atoms with Crippen molar-refractivity contribution in [3.8, 4) is 0 Å². The van der Waals surface area contributed by atoms with Gasteiger partial charge in [0.2, 0.25) is 0 Å². The summed E-state index contributed by atoms with van der Waals surface area (Å²) < 4.78 is 53.0. The number of hydrogen-bond donors (Lipinski definition) is 0. The van der Waals surface area contributed by atoms with Crippen molar-refractivity contribution in [3.63, 3.8) is 0 Å². The Balaban J connectivity index is 1.23. The van der Waals surface area contributed by atoms with E-state index in [2.05, 4.69) is 6.92 Å². The summed E-state index contributed by atoms with van der Waals surface area (Å²) in [6.45, 7) is 2.28. The second kappa shape index (κ2) is 16.1. The maximum atomic E-state index is 13.7. The van der Waals surface area contributed by atoms with Gasteiger partial charge in [0.05, 0.1) is 5.56 Å². The molecule has 0 bridgehead atoms. The third kappa shape index (κ3) is 10.6. The summed E-state index contributed by atoms with van der Waals surface area (Å²) in [5.74, 6) is 1.42. The molecule has 0 N–H and O–H groups in total. The third-order valence-electron chi connectivity index (χ3n) is 9.56. The molecule has 1 aromatic rings. The van der Waals surface area contributed by atoms with Crippen molar-refractivity contribution in [3.05, 3.63) is 35.1 Å². The average Bonchev–Trinajstić information content (AvgIpc) is 2.89. The van der Waals surface area contributed by atoms with Gasteiger partial charge in [-0.3, -0.25) is 0 Å². The molecule has 0 heterocycles. The van der Waals surface area contributed by atoms with E-state index in [4.69, 9.17) is 0 Å². The standard InChI is InChI=1S/C33H52F4/c1-2-3-4-5-6-7-8-9-10-11-12-13-14-26-15-17-27(18-16-26)28-19-21-29(22-20-28)30-23-24-32(34)31(25-30)33(35,36)37/h23-29H,2-22H2,1H3. The fourth-order valence-corrected chi connectivity index (χ4v) is 7.16. The van der Waals surface area contributed by atoms with Crippen LogP contribution in [-0.4, -0.2) is 0 Å². The van der Waals surface area contributed by atoms with Crippen LogP contribution in [0, 0.1) is 23.6 Å². The monoisotopic (exact) mass is 524 g/mol. The van der Waals surface area contributed by atoms with Crippen molar-refractivity contribution in [2.75, 3.05) is 0 Å². The van der Waals surface area contributed by atoms with Crippen molar-refractivity contribution >= 4 is 0 Å². The van der Waals surface area contributed by atoms with Crippen LogP contribution in [0.1, 0.15) is 159 Å². The molecule has 212 valence electrons. The molecule has 0 saturated heterocycles. The molecule has 2 fully saturated rings. The highest BCUT2D eigenvalue weighted by Crippen LogP contribution is 2.45. The van der Waals surface area contributed by atoms with Crippen LogP contribution in [0.4, 0.5) is 17.6 Å². The fraction of sp³-hybridized carbons (Fsp3) is 0.818. The molecule has 0 aliphatic heterocycles. The van der Waals surface area contributed by atoms with Gasteiger partial charge in [0.15, 0.2) is 0 Å². The van der Waals surface area contributed by atoms with Crippen molar-refractivity contribution in [1.29, 1.82) is 0 Å². The van der Waals surface area contributed by atoms with Gasteiger partial charge in [-0.25, -0.2) is 4.39 Å². The minimum Gasteiger partial charge on any atom is -0.206 e. The smallest absolute Gasteiger partial charge is 0.206 e. The van der Waals surface area contributed by atoms with Gasteiger partial charge in [0.25, 0.3) is 0 Å². The predicted octanol–water partition coefficient (Wildman–Crippen LogP) is 12.0. The van der Waals surface area contributed by atoms with E-state index in [9.17, 15) is 17.6 Å². The highest BCUT2D eigenvalue weighted by molar-refractivity contribution is 5.30. The van der Waals surface area contributed by atoms with Crippen molar-refractivity contribution in [2.24, 2.45) is 17.8 Å². The van der Waals surface area contributed by atoms with Crippen molar-refractivity contribution in [1.82, 2.24) is 0 Å². The summed E-state index contributed by atoms with van der Waals surface area (Å²) >= 11 is 0. The van der Waals surface area contributed by atoms with Crippen LogP contribution in [0.25, 0.3) is 0 Å². The summed E-state index contributed by atoms with van der Waals surface area (Å²) in [6, 6.07) is 3.62. The molecular weight excluding hydrogens is 472 g/mol. The van der Waals surface area contributed by atoms with Gasteiger partial charge in [0, 0.05) is 0 Å². The number of unbranched alkanes of at least 4 members (excludes halogenated alkanes) is 11. The van der Waals surface area contributed by atoms with Gasteiger partial charge >= 0.3 is 6.18 Å². The molecule has 0 nitrogen and oxygen atoms in total. The fourth-order valence-electron chi connectivity index (χ4n) is 7.16. The molecule has 0 atom stereocenters.